The third kappa shape index (κ3) is 6.83. The first kappa shape index (κ1) is 30.9. The lowest BCUT2D eigenvalue weighted by molar-refractivity contribution is -0.0563. The first-order valence-electron chi connectivity index (χ1n) is 15.1. The van der Waals surface area contributed by atoms with Gasteiger partial charge in [-0.05, 0) is 71.2 Å². The van der Waals surface area contributed by atoms with Crippen LogP contribution >= 0.6 is 0 Å². The van der Waals surface area contributed by atoms with Crippen LogP contribution < -0.4 is 5.32 Å². The minimum absolute atomic E-state index is 0.0119. The highest BCUT2D eigenvalue weighted by atomic mass is 19.1. The summed E-state index contributed by atoms with van der Waals surface area (Å²) in [6.07, 6.45) is 4.99. The minimum atomic E-state index is -0.605. The number of likely N-dealkylation sites (tertiary alicyclic amines) is 2. The van der Waals surface area contributed by atoms with E-state index in [-0.39, 0.29) is 23.0 Å². The van der Waals surface area contributed by atoms with Crippen molar-refractivity contribution in [3.05, 3.63) is 71.1 Å². The molecule has 1 N–H and O–H groups in total. The van der Waals surface area contributed by atoms with Crippen LogP contribution in [0.5, 0.6) is 0 Å². The largest absolute Gasteiger partial charge is 0.444 e. The summed E-state index contributed by atoms with van der Waals surface area (Å²) in [5.74, 6) is 6.15. The number of carbonyl (C=O) groups excluding carboxylic acids is 2. The molecule has 2 aromatic heterocycles. The molecule has 0 radical (unpaired) electrons. The van der Waals surface area contributed by atoms with Crippen LogP contribution in [0, 0.1) is 23.1 Å². The number of piperidine rings is 1. The van der Waals surface area contributed by atoms with Gasteiger partial charge in [-0.15, -0.1) is 0 Å². The van der Waals surface area contributed by atoms with Crippen molar-refractivity contribution in [3.8, 4) is 23.1 Å². The molecule has 1 spiro atoms. The van der Waals surface area contributed by atoms with Gasteiger partial charge in [-0.1, -0.05) is 24.8 Å². The molecule has 0 unspecified atom stereocenters. The van der Waals surface area contributed by atoms with Crippen molar-refractivity contribution in [2.24, 2.45) is 5.41 Å². The number of nitrogens with zero attached hydrogens (tertiary/aromatic N) is 5. The summed E-state index contributed by atoms with van der Waals surface area (Å²) in [4.78, 5) is 42.3. The molecule has 4 heterocycles. The Morgan fingerprint density at radius 3 is 2.39 bits per heavy atom. The molecule has 2 saturated heterocycles. The molecule has 0 saturated carbocycles. The second-order valence-corrected chi connectivity index (χ2v) is 12.4. The third-order valence-corrected chi connectivity index (χ3v) is 8.00. The van der Waals surface area contributed by atoms with E-state index in [1.165, 1.54) is 18.5 Å². The highest BCUT2D eigenvalue weighted by Gasteiger charge is 2.48. The molecule has 10 heteroatoms. The van der Waals surface area contributed by atoms with Crippen molar-refractivity contribution in [2.75, 3.05) is 38.0 Å². The van der Waals surface area contributed by atoms with Crippen molar-refractivity contribution in [1.29, 1.82) is 0 Å². The predicted molar refractivity (Wildman–Crippen MR) is 167 cm³/mol. The van der Waals surface area contributed by atoms with Gasteiger partial charge in [0.1, 0.15) is 23.6 Å². The van der Waals surface area contributed by atoms with E-state index < -0.39 is 11.4 Å². The zero-order chi connectivity index (χ0) is 31.5. The number of benzene rings is 1. The number of hydrogen-bond donors (Lipinski definition) is 1. The molecular weight excluding hydrogens is 559 g/mol. The highest BCUT2D eigenvalue weighted by Crippen LogP contribution is 2.41. The molecule has 2 aliphatic rings. The van der Waals surface area contributed by atoms with Gasteiger partial charge in [-0.3, -0.25) is 4.79 Å². The second-order valence-electron chi connectivity index (χ2n) is 12.4. The van der Waals surface area contributed by atoms with Crippen molar-refractivity contribution in [3.63, 3.8) is 0 Å². The Morgan fingerprint density at radius 2 is 1.77 bits per heavy atom. The monoisotopic (exact) mass is 598 g/mol. The number of pyridine rings is 1. The quantitative estimate of drug-likeness (QED) is 0.385. The molecule has 5 rings (SSSR count). The standard InChI is InChI=1S/C34H39FN6O3/c1-6-28-26(11-8-23-9-13-29(36-7-2)37-19-23)30(39-22-38-28)24-10-12-25(27(35)18-24)31(42)40-16-14-34(15-17-40)20-41(21-34)32(43)44-33(3,4)5/h9-10,12-13,18-19,22H,6-7,14-17,20-21H2,1-5H3,(H,36,37). The summed E-state index contributed by atoms with van der Waals surface area (Å²) in [6, 6.07) is 8.35. The molecule has 0 bridgehead atoms. The van der Waals surface area contributed by atoms with E-state index in [2.05, 4.69) is 32.1 Å². The van der Waals surface area contributed by atoms with Crippen molar-refractivity contribution < 1.29 is 18.7 Å². The lowest BCUT2D eigenvalue weighted by Crippen LogP contribution is -2.62. The fourth-order valence-electron chi connectivity index (χ4n) is 5.65. The Kier molecular flexibility index (Phi) is 8.86. The number of amides is 2. The lowest BCUT2D eigenvalue weighted by atomic mass is 9.72. The van der Waals surface area contributed by atoms with Crippen molar-refractivity contribution in [1.82, 2.24) is 24.8 Å². The number of nitrogens with one attached hydrogen (secondary N) is 1. The van der Waals surface area contributed by atoms with Gasteiger partial charge in [0, 0.05) is 55.5 Å². The Bertz CT molecular complexity index is 1590. The average molecular weight is 599 g/mol. The van der Waals surface area contributed by atoms with Gasteiger partial charge in [0.25, 0.3) is 5.91 Å². The summed E-state index contributed by atoms with van der Waals surface area (Å²) in [7, 11) is 0. The van der Waals surface area contributed by atoms with E-state index >= 15 is 4.39 Å². The van der Waals surface area contributed by atoms with Crippen molar-refractivity contribution in [2.45, 2.75) is 59.5 Å². The number of anilines is 1. The molecule has 2 amide bonds. The van der Waals surface area contributed by atoms with Gasteiger partial charge < -0.3 is 19.9 Å². The van der Waals surface area contributed by atoms with E-state index in [4.69, 9.17) is 4.74 Å². The van der Waals surface area contributed by atoms with E-state index in [0.717, 1.165) is 36.5 Å². The van der Waals surface area contributed by atoms with Crippen LogP contribution in [0.2, 0.25) is 0 Å². The van der Waals surface area contributed by atoms with Crippen LogP contribution in [0.1, 0.15) is 74.6 Å². The first-order chi connectivity index (χ1) is 21.0. The molecule has 44 heavy (non-hydrogen) atoms. The van der Waals surface area contributed by atoms with Crippen LogP contribution in [0.4, 0.5) is 15.0 Å². The van der Waals surface area contributed by atoms with Gasteiger partial charge in [-0.25, -0.2) is 24.1 Å². The minimum Gasteiger partial charge on any atom is -0.444 e. The number of hydrogen-bond acceptors (Lipinski definition) is 7. The van der Waals surface area contributed by atoms with Crippen LogP contribution in [0.25, 0.3) is 11.3 Å². The molecule has 1 aromatic carbocycles. The molecule has 230 valence electrons. The zero-order valence-electron chi connectivity index (χ0n) is 26.0. The Morgan fingerprint density at radius 1 is 1.02 bits per heavy atom. The fraction of sp³-hybridized carbons (Fsp3) is 0.441. The van der Waals surface area contributed by atoms with E-state index in [1.54, 1.807) is 22.1 Å². The second kappa shape index (κ2) is 12.6. The summed E-state index contributed by atoms with van der Waals surface area (Å²) < 4.78 is 21.0. The number of aryl methyl sites for hydroxylation is 1. The van der Waals surface area contributed by atoms with Gasteiger partial charge in [0.2, 0.25) is 0 Å². The van der Waals surface area contributed by atoms with Crippen LogP contribution in [0.15, 0.2) is 42.9 Å². The SMILES string of the molecule is CCNc1ccc(C#Cc2c(CC)ncnc2-c2ccc(C(=O)N3CCC4(CC3)CN(C(=O)OC(C)(C)C)C4)c(F)c2)cn1. The lowest BCUT2D eigenvalue weighted by Gasteiger charge is -2.53. The topological polar surface area (TPSA) is 101 Å². The van der Waals surface area contributed by atoms with E-state index in [9.17, 15) is 9.59 Å². The van der Waals surface area contributed by atoms with E-state index in [1.807, 2.05) is 46.8 Å². The van der Waals surface area contributed by atoms with E-state index in [0.29, 0.717) is 49.4 Å². The molecule has 2 fully saturated rings. The maximum absolute atomic E-state index is 15.5. The average Bonchev–Trinajstić information content (AvgIpc) is 2.98. The summed E-state index contributed by atoms with van der Waals surface area (Å²) in [5, 5.41) is 3.16. The Hall–Kier alpha value is -4.52. The highest BCUT2D eigenvalue weighted by molar-refractivity contribution is 5.95. The number of ether oxygens (including phenoxy) is 1. The number of carbonyl (C=O) groups is 2. The maximum Gasteiger partial charge on any atom is 0.410 e. The van der Waals surface area contributed by atoms with Crippen LogP contribution in [-0.2, 0) is 11.2 Å². The summed E-state index contributed by atoms with van der Waals surface area (Å²) in [5.41, 5.74) is 2.62. The summed E-state index contributed by atoms with van der Waals surface area (Å²) >= 11 is 0. The normalized spacial score (nSPS) is 15.7. The van der Waals surface area contributed by atoms with Gasteiger partial charge >= 0.3 is 6.09 Å². The smallest absolute Gasteiger partial charge is 0.410 e. The fourth-order valence-corrected chi connectivity index (χ4v) is 5.65. The van der Waals surface area contributed by atoms with Gasteiger partial charge in [-0.2, -0.15) is 0 Å². The number of aromatic nitrogens is 3. The third-order valence-electron chi connectivity index (χ3n) is 8.00. The molecule has 9 nitrogen and oxygen atoms in total. The number of rotatable bonds is 5. The van der Waals surface area contributed by atoms with Gasteiger partial charge in [0.05, 0.1) is 22.5 Å². The summed E-state index contributed by atoms with van der Waals surface area (Å²) in [6.45, 7) is 12.6. The molecular formula is C34H39FN6O3. The van der Waals surface area contributed by atoms with Crippen LogP contribution in [0.3, 0.4) is 0 Å². The first-order valence-corrected chi connectivity index (χ1v) is 15.1. The Labute approximate surface area is 258 Å². The molecule has 0 aliphatic carbocycles. The molecule has 3 aromatic rings. The zero-order valence-corrected chi connectivity index (χ0v) is 26.0. The maximum atomic E-state index is 15.5. The van der Waals surface area contributed by atoms with Crippen LogP contribution in [-0.4, -0.2) is 75.1 Å². The number of halogens is 1. The molecule has 2 aliphatic heterocycles. The Balaban J connectivity index is 1.28. The predicted octanol–water partition coefficient (Wildman–Crippen LogP) is 5.54. The van der Waals surface area contributed by atoms with Gasteiger partial charge in [0.15, 0.2) is 0 Å². The molecule has 0 atom stereocenters. The van der Waals surface area contributed by atoms with Crippen molar-refractivity contribution >= 4 is 17.8 Å².